The quantitative estimate of drug-likeness (QED) is 0.404. The fourth-order valence-electron chi connectivity index (χ4n) is 3.26. The lowest BCUT2D eigenvalue weighted by atomic mass is 10.1. The zero-order chi connectivity index (χ0) is 18.6. The number of rotatable bonds is 5. The normalized spacial score (nSPS) is 10.6. The van der Waals surface area contributed by atoms with Crippen LogP contribution in [0.5, 0.6) is 5.75 Å². The maximum Gasteiger partial charge on any atom is 0.150 e. The number of anilines is 3. The number of methoxy groups -OCH3 is 1. The van der Waals surface area contributed by atoms with Crippen molar-refractivity contribution < 1.29 is 9.53 Å². The van der Waals surface area contributed by atoms with Gasteiger partial charge in [-0.05, 0) is 60.0 Å². The largest absolute Gasteiger partial charge is 0.497 e. The summed E-state index contributed by atoms with van der Waals surface area (Å²) in [6, 6.07) is 30.2. The molecule has 0 aliphatic carbocycles. The lowest BCUT2D eigenvalue weighted by molar-refractivity contribution is 0.112. The van der Waals surface area contributed by atoms with Gasteiger partial charge in [0.1, 0.15) is 12.0 Å². The number of nitrogens with zero attached hydrogens (tertiary/aromatic N) is 1. The summed E-state index contributed by atoms with van der Waals surface area (Å²) >= 11 is 0. The molecular formula is C24H19NO2. The van der Waals surface area contributed by atoms with Crippen molar-refractivity contribution in [3.05, 3.63) is 96.6 Å². The number of hydrogen-bond acceptors (Lipinski definition) is 3. The Hall–Kier alpha value is -3.59. The molecule has 4 aromatic rings. The van der Waals surface area contributed by atoms with Crippen molar-refractivity contribution in [2.45, 2.75) is 0 Å². The molecule has 3 nitrogen and oxygen atoms in total. The van der Waals surface area contributed by atoms with Crippen molar-refractivity contribution in [1.29, 1.82) is 0 Å². The summed E-state index contributed by atoms with van der Waals surface area (Å²) in [5.74, 6) is 0.813. The molecule has 0 saturated heterocycles. The number of benzene rings is 4. The molecular weight excluding hydrogens is 334 g/mol. The molecule has 0 heterocycles. The highest BCUT2D eigenvalue weighted by atomic mass is 16.5. The van der Waals surface area contributed by atoms with E-state index in [2.05, 4.69) is 35.2 Å². The number of aldehydes is 1. The second-order valence-corrected chi connectivity index (χ2v) is 6.24. The third-order valence-electron chi connectivity index (χ3n) is 4.63. The Bertz CT molecular complexity index is 1060. The van der Waals surface area contributed by atoms with Crippen LogP contribution in [-0.4, -0.2) is 13.4 Å². The van der Waals surface area contributed by atoms with Crippen molar-refractivity contribution in [2.24, 2.45) is 0 Å². The SMILES string of the molecule is COc1ccc(N(c2ccc(C=O)cc2)c2cccc3ccccc23)cc1. The van der Waals surface area contributed by atoms with Crippen molar-refractivity contribution in [1.82, 2.24) is 0 Å². The minimum absolute atomic E-state index is 0.659. The highest BCUT2D eigenvalue weighted by Gasteiger charge is 2.15. The van der Waals surface area contributed by atoms with E-state index in [0.29, 0.717) is 5.56 Å². The average Bonchev–Trinajstić information content (AvgIpc) is 2.75. The van der Waals surface area contributed by atoms with E-state index in [9.17, 15) is 4.79 Å². The van der Waals surface area contributed by atoms with E-state index in [1.54, 1.807) is 7.11 Å². The van der Waals surface area contributed by atoms with Crippen molar-refractivity contribution in [2.75, 3.05) is 12.0 Å². The van der Waals surface area contributed by atoms with Crippen LogP contribution in [0.25, 0.3) is 10.8 Å². The topological polar surface area (TPSA) is 29.5 Å². The van der Waals surface area contributed by atoms with Crippen molar-refractivity contribution in [3.8, 4) is 5.75 Å². The number of carbonyl (C=O) groups excluding carboxylic acids is 1. The average molecular weight is 353 g/mol. The monoisotopic (exact) mass is 353 g/mol. The van der Waals surface area contributed by atoms with Crippen LogP contribution >= 0.6 is 0 Å². The molecule has 132 valence electrons. The molecule has 0 amide bonds. The fourth-order valence-corrected chi connectivity index (χ4v) is 3.26. The third kappa shape index (κ3) is 3.27. The first-order valence-electron chi connectivity index (χ1n) is 8.77. The van der Waals surface area contributed by atoms with Gasteiger partial charge in [0, 0.05) is 22.3 Å². The summed E-state index contributed by atoms with van der Waals surface area (Å²) in [5, 5.41) is 2.34. The van der Waals surface area contributed by atoms with Crippen LogP contribution in [-0.2, 0) is 0 Å². The Morgan fingerprint density at radius 1 is 0.741 bits per heavy atom. The summed E-state index contributed by atoms with van der Waals surface area (Å²) < 4.78 is 5.30. The van der Waals surface area contributed by atoms with Crippen LogP contribution in [0, 0.1) is 0 Å². The van der Waals surface area contributed by atoms with Crippen LogP contribution in [0.3, 0.4) is 0 Å². The summed E-state index contributed by atoms with van der Waals surface area (Å²) in [6.07, 6.45) is 0.861. The van der Waals surface area contributed by atoms with Gasteiger partial charge >= 0.3 is 0 Å². The first-order chi connectivity index (χ1) is 13.3. The highest BCUT2D eigenvalue weighted by Crippen LogP contribution is 2.39. The second kappa shape index (κ2) is 7.34. The minimum atomic E-state index is 0.659. The maximum atomic E-state index is 11.0. The third-order valence-corrected chi connectivity index (χ3v) is 4.63. The van der Waals surface area contributed by atoms with E-state index in [1.807, 2.05) is 60.7 Å². The Morgan fingerprint density at radius 3 is 2.04 bits per heavy atom. The smallest absolute Gasteiger partial charge is 0.150 e. The van der Waals surface area contributed by atoms with Crippen LogP contribution in [0.1, 0.15) is 10.4 Å². The van der Waals surface area contributed by atoms with Crippen LogP contribution in [0.2, 0.25) is 0 Å². The predicted molar refractivity (Wildman–Crippen MR) is 111 cm³/mol. The van der Waals surface area contributed by atoms with Gasteiger partial charge in [-0.25, -0.2) is 0 Å². The molecule has 4 rings (SSSR count). The predicted octanol–water partition coefficient (Wildman–Crippen LogP) is 6.13. The molecule has 0 aromatic heterocycles. The summed E-state index contributed by atoms with van der Waals surface area (Å²) in [5.41, 5.74) is 3.75. The standard InChI is InChI=1S/C24H19NO2/c1-27-22-15-13-21(14-16-22)25(20-11-9-18(17-26)10-12-20)24-8-4-6-19-5-2-3-7-23(19)24/h2-17H,1H3. The molecule has 3 heteroatoms. The van der Waals surface area contributed by atoms with Gasteiger partial charge in [0.05, 0.1) is 12.8 Å². The van der Waals surface area contributed by atoms with E-state index in [4.69, 9.17) is 4.74 Å². The minimum Gasteiger partial charge on any atom is -0.497 e. The van der Waals surface area contributed by atoms with Crippen LogP contribution in [0.15, 0.2) is 91.0 Å². The van der Waals surface area contributed by atoms with Crippen molar-refractivity contribution >= 4 is 34.1 Å². The zero-order valence-corrected chi connectivity index (χ0v) is 15.0. The van der Waals surface area contributed by atoms with Gasteiger partial charge in [0.2, 0.25) is 0 Å². The fraction of sp³-hybridized carbons (Fsp3) is 0.0417. The summed E-state index contributed by atoms with van der Waals surface area (Å²) in [6.45, 7) is 0. The molecule has 0 radical (unpaired) electrons. The number of hydrogen-bond donors (Lipinski definition) is 0. The Labute approximate surface area is 158 Å². The zero-order valence-electron chi connectivity index (χ0n) is 15.0. The molecule has 4 aromatic carbocycles. The first kappa shape index (κ1) is 16.9. The van der Waals surface area contributed by atoms with E-state index >= 15 is 0 Å². The van der Waals surface area contributed by atoms with Gasteiger partial charge in [0.25, 0.3) is 0 Å². The van der Waals surface area contributed by atoms with Gasteiger partial charge in [-0.3, -0.25) is 4.79 Å². The second-order valence-electron chi connectivity index (χ2n) is 6.24. The highest BCUT2D eigenvalue weighted by molar-refractivity contribution is 5.99. The van der Waals surface area contributed by atoms with E-state index < -0.39 is 0 Å². The lowest BCUT2D eigenvalue weighted by Gasteiger charge is -2.27. The Kier molecular flexibility index (Phi) is 4.58. The van der Waals surface area contributed by atoms with E-state index in [-0.39, 0.29) is 0 Å². The summed E-state index contributed by atoms with van der Waals surface area (Å²) in [7, 11) is 1.66. The van der Waals surface area contributed by atoms with Gasteiger partial charge in [-0.15, -0.1) is 0 Å². The van der Waals surface area contributed by atoms with Gasteiger partial charge in [-0.1, -0.05) is 36.4 Å². The lowest BCUT2D eigenvalue weighted by Crippen LogP contribution is -2.10. The van der Waals surface area contributed by atoms with E-state index in [1.165, 1.54) is 5.39 Å². The maximum absolute atomic E-state index is 11.0. The molecule has 27 heavy (non-hydrogen) atoms. The Morgan fingerprint density at radius 2 is 1.37 bits per heavy atom. The number of carbonyl (C=O) groups is 1. The molecule has 0 bridgehead atoms. The molecule has 0 N–H and O–H groups in total. The van der Waals surface area contributed by atoms with Gasteiger partial charge in [-0.2, -0.15) is 0 Å². The van der Waals surface area contributed by atoms with Gasteiger partial charge < -0.3 is 9.64 Å². The molecule has 0 aliphatic heterocycles. The number of ether oxygens (including phenoxy) is 1. The van der Waals surface area contributed by atoms with E-state index in [0.717, 1.165) is 34.5 Å². The molecule has 0 saturated carbocycles. The number of fused-ring (bicyclic) bond motifs is 1. The van der Waals surface area contributed by atoms with Crippen LogP contribution in [0.4, 0.5) is 17.1 Å². The Balaban J connectivity index is 1.92. The molecule has 0 aliphatic rings. The summed E-state index contributed by atoms with van der Waals surface area (Å²) in [4.78, 5) is 13.2. The molecule has 0 spiro atoms. The molecule has 0 unspecified atom stereocenters. The first-order valence-corrected chi connectivity index (χ1v) is 8.77. The van der Waals surface area contributed by atoms with Crippen LogP contribution < -0.4 is 9.64 Å². The van der Waals surface area contributed by atoms with Gasteiger partial charge in [0.15, 0.2) is 0 Å². The molecule has 0 fully saturated rings. The van der Waals surface area contributed by atoms with Crippen molar-refractivity contribution in [3.63, 3.8) is 0 Å². The molecule has 0 atom stereocenters.